The Morgan fingerprint density at radius 3 is 2.85 bits per heavy atom. The molecule has 2 aromatic rings. The minimum Gasteiger partial charge on any atom is -0.490 e. The summed E-state index contributed by atoms with van der Waals surface area (Å²) in [5.41, 5.74) is 0.0323. The number of para-hydroxylation sites is 1. The van der Waals surface area contributed by atoms with Crippen LogP contribution < -0.4 is 4.74 Å². The van der Waals surface area contributed by atoms with Crippen LogP contribution in [0.4, 0.5) is 14.5 Å². The summed E-state index contributed by atoms with van der Waals surface area (Å²) in [6.45, 7) is -0.593. The number of nitro benzene ring substituents is 1. The van der Waals surface area contributed by atoms with Gasteiger partial charge in [0.2, 0.25) is 5.75 Å². The molecule has 0 spiro atoms. The van der Waals surface area contributed by atoms with Crippen LogP contribution in [-0.4, -0.2) is 33.2 Å². The fourth-order valence-corrected chi connectivity index (χ4v) is 1.71. The number of hydrogen-bond acceptors (Lipinski definition) is 5. The summed E-state index contributed by atoms with van der Waals surface area (Å²) in [4.78, 5) is 14.2. The van der Waals surface area contributed by atoms with Crippen molar-refractivity contribution in [2.24, 2.45) is 0 Å². The fraction of sp³-hybridized carbons (Fsp3) is 0.273. The van der Waals surface area contributed by atoms with Crippen molar-refractivity contribution in [2.45, 2.75) is 13.0 Å². The highest BCUT2D eigenvalue weighted by Crippen LogP contribution is 2.35. The SMILES string of the molecule is COc1c(-c2ncn(CC(F)F)n2)cccc1[N+](=O)[O-]. The molecule has 1 aromatic heterocycles. The van der Waals surface area contributed by atoms with Crippen LogP contribution >= 0.6 is 0 Å². The number of ether oxygens (including phenoxy) is 1. The summed E-state index contributed by atoms with van der Waals surface area (Å²) < 4.78 is 30.5. The lowest BCUT2D eigenvalue weighted by atomic mass is 10.1. The van der Waals surface area contributed by atoms with E-state index in [1.165, 1.54) is 25.3 Å². The van der Waals surface area contributed by atoms with Crippen molar-refractivity contribution >= 4 is 5.69 Å². The van der Waals surface area contributed by atoms with Crippen LogP contribution in [0.2, 0.25) is 0 Å². The number of hydrogen-bond donors (Lipinski definition) is 0. The quantitative estimate of drug-likeness (QED) is 0.620. The monoisotopic (exact) mass is 284 g/mol. The van der Waals surface area contributed by atoms with Crippen LogP contribution in [0.15, 0.2) is 24.5 Å². The van der Waals surface area contributed by atoms with Crippen LogP contribution in [0, 0.1) is 10.1 Å². The first-order valence-corrected chi connectivity index (χ1v) is 5.52. The van der Waals surface area contributed by atoms with Crippen LogP contribution in [0.3, 0.4) is 0 Å². The molecule has 0 aliphatic carbocycles. The van der Waals surface area contributed by atoms with E-state index in [2.05, 4.69) is 10.1 Å². The molecule has 0 aliphatic heterocycles. The van der Waals surface area contributed by atoms with Gasteiger partial charge in [0.15, 0.2) is 5.82 Å². The molecular formula is C11H10F2N4O3. The van der Waals surface area contributed by atoms with Crippen LogP contribution in [0.25, 0.3) is 11.4 Å². The lowest BCUT2D eigenvalue weighted by Crippen LogP contribution is -2.06. The smallest absolute Gasteiger partial charge is 0.311 e. The van der Waals surface area contributed by atoms with E-state index in [4.69, 9.17) is 4.74 Å². The average molecular weight is 284 g/mol. The van der Waals surface area contributed by atoms with E-state index in [-0.39, 0.29) is 22.8 Å². The Hall–Kier alpha value is -2.58. The van der Waals surface area contributed by atoms with Crippen molar-refractivity contribution in [3.05, 3.63) is 34.6 Å². The predicted molar refractivity (Wildman–Crippen MR) is 64.7 cm³/mol. The summed E-state index contributed by atoms with van der Waals surface area (Å²) in [7, 11) is 1.28. The molecule has 0 aliphatic rings. The molecule has 106 valence electrons. The van der Waals surface area contributed by atoms with Gasteiger partial charge < -0.3 is 4.74 Å². The molecular weight excluding hydrogens is 274 g/mol. The third kappa shape index (κ3) is 2.71. The Bertz CT molecular complexity index is 630. The summed E-state index contributed by atoms with van der Waals surface area (Å²) in [5.74, 6) is 0.0819. The zero-order chi connectivity index (χ0) is 14.7. The van der Waals surface area contributed by atoms with Gasteiger partial charge in [0.25, 0.3) is 6.43 Å². The maximum absolute atomic E-state index is 12.2. The number of methoxy groups -OCH3 is 1. The number of rotatable bonds is 5. The summed E-state index contributed by atoms with van der Waals surface area (Å²) in [5, 5.41) is 14.7. The van der Waals surface area contributed by atoms with Gasteiger partial charge in [-0.15, -0.1) is 0 Å². The van der Waals surface area contributed by atoms with Gasteiger partial charge in [-0.2, -0.15) is 5.10 Å². The molecule has 0 radical (unpaired) electrons. The molecule has 0 saturated heterocycles. The third-order valence-electron chi connectivity index (χ3n) is 2.50. The number of nitro groups is 1. The number of nitrogens with zero attached hydrogens (tertiary/aromatic N) is 4. The van der Waals surface area contributed by atoms with Crippen molar-refractivity contribution in [3.63, 3.8) is 0 Å². The second kappa shape index (κ2) is 5.59. The molecule has 20 heavy (non-hydrogen) atoms. The average Bonchev–Trinajstić information content (AvgIpc) is 2.85. The molecule has 1 aromatic carbocycles. The Morgan fingerprint density at radius 2 is 2.25 bits per heavy atom. The predicted octanol–water partition coefficient (Wildman–Crippen LogP) is 2.13. The Morgan fingerprint density at radius 1 is 1.50 bits per heavy atom. The minimum atomic E-state index is -2.56. The molecule has 1 heterocycles. The van der Waals surface area contributed by atoms with Gasteiger partial charge in [-0.25, -0.2) is 18.4 Å². The van der Waals surface area contributed by atoms with Crippen molar-refractivity contribution in [3.8, 4) is 17.1 Å². The van der Waals surface area contributed by atoms with Gasteiger partial charge in [-0.05, 0) is 6.07 Å². The lowest BCUT2D eigenvalue weighted by Gasteiger charge is -2.05. The highest BCUT2D eigenvalue weighted by atomic mass is 19.3. The normalized spacial score (nSPS) is 10.8. The maximum atomic E-state index is 12.2. The van der Waals surface area contributed by atoms with Crippen LogP contribution in [-0.2, 0) is 6.54 Å². The summed E-state index contributed by atoms with van der Waals surface area (Å²) >= 11 is 0. The molecule has 0 N–H and O–H groups in total. The first-order valence-electron chi connectivity index (χ1n) is 5.52. The molecule has 9 heteroatoms. The zero-order valence-corrected chi connectivity index (χ0v) is 10.4. The highest BCUT2D eigenvalue weighted by Gasteiger charge is 2.21. The van der Waals surface area contributed by atoms with Crippen LogP contribution in [0.5, 0.6) is 5.75 Å². The van der Waals surface area contributed by atoms with Gasteiger partial charge in [-0.1, -0.05) is 6.07 Å². The Balaban J connectivity index is 2.44. The zero-order valence-electron chi connectivity index (χ0n) is 10.4. The van der Waals surface area contributed by atoms with Gasteiger partial charge in [-0.3, -0.25) is 10.1 Å². The molecule has 0 amide bonds. The third-order valence-corrected chi connectivity index (χ3v) is 2.50. The molecule has 0 fully saturated rings. The van der Waals surface area contributed by atoms with Crippen LogP contribution in [0.1, 0.15) is 0 Å². The topological polar surface area (TPSA) is 83.1 Å². The van der Waals surface area contributed by atoms with Crippen molar-refractivity contribution in [2.75, 3.05) is 7.11 Å². The number of alkyl halides is 2. The second-order valence-electron chi connectivity index (χ2n) is 3.80. The first-order chi connectivity index (χ1) is 9.52. The summed E-state index contributed by atoms with van der Waals surface area (Å²) in [6, 6.07) is 4.25. The highest BCUT2D eigenvalue weighted by molar-refractivity contribution is 5.70. The van der Waals surface area contributed by atoms with Crippen molar-refractivity contribution in [1.29, 1.82) is 0 Å². The summed E-state index contributed by atoms with van der Waals surface area (Å²) in [6.07, 6.45) is -1.42. The van der Waals surface area contributed by atoms with Gasteiger partial charge in [0.1, 0.15) is 12.9 Å². The molecule has 2 rings (SSSR count). The molecule has 7 nitrogen and oxygen atoms in total. The number of halogens is 2. The van der Waals surface area contributed by atoms with Gasteiger partial charge >= 0.3 is 5.69 Å². The standard InChI is InChI=1S/C11H10F2N4O3/c1-20-10-7(3-2-4-8(10)17(18)19)11-14-6-16(15-11)5-9(12)13/h2-4,6,9H,5H2,1H3. The van der Waals surface area contributed by atoms with E-state index in [0.717, 1.165) is 11.0 Å². The van der Waals surface area contributed by atoms with E-state index >= 15 is 0 Å². The van der Waals surface area contributed by atoms with E-state index < -0.39 is 17.9 Å². The minimum absolute atomic E-state index is 0.00713. The number of benzene rings is 1. The molecule has 0 saturated carbocycles. The first kappa shape index (κ1) is 13.8. The van der Waals surface area contributed by atoms with E-state index in [0.29, 0.717) is 0 Å². The molecule has 0 atom stereocenters. The molecule has 0 unspecified atom stereocenters. The fourth-order valence-electron chi connectivity index (χ4n) is 1.71. The van der Waals surface area contributed by atoms with Gasteiger partial charge in [0, 0.05) is 6.07 Å². The van der Waals surface area contributed by atoms with Crippen molar-refractivity contribution < 1.29 is 18.4 Å². The second-order valence-corrected chi connectivity index (χ2v) is 3.80. The van der Waals surface area contributed by atoms with Gasteiger partial charge in [0.05, 0.1) is 17.6 Å². The van der Waals surface area contributed by atoms with E-state index in [9.17, 15) is 18.9 Å². The maximum Gasteiger partial charge on any atom is 0.311 e. The largest absolute Gasteiger partial charge is 0.490 e. The van der Waals surface area contributed by atoms with E-state index in [1.54, 1.807) is 0 Å². The lowest BCUT2D eigenvalue weighted by molar-refractivity contribution is -0.385. The Kier molecular flexibility index (Phi) is 3.87. The molecule has 0 bridgehead atoms. The number of aromatic nitrogens is 3. The Labute approximate surface area is 112 Å². The van der Waals surface area contributed by atoms with Crippen molar-refractivity contribution in [1.82, 2.24) is 14.8 Å². The van der Waals surface area contributed by atoms with E-state index in [1.807, 2.05) is 0 Å².